The molecule has 0 unspecified atom stereocenters. The largest absolute Gasteiger partial charge is 0.456 e. The first-order valence-electron chi connectivity index (χ1n) is 16.7. The minimum atomic E-state index is 0.888. The minimum Gasteiger partial charge on any atom is -0.456 e. The number of hydrogen-bond donors (Lipinski definition) is 0. The van der Waals surface area contributed by atoms with Gasteiger partial charge in [0, 0.05) is 43.9 Å². The molecule has 0 spiro atoms. The Labute approximate surface area is 283 Å². The number of furan rings is 1. The average molecular weight is 627 g/mol. The van der Waals surface area contributed by atoms with E-state index < -0.39 is 0 Å². The fourth-order valence-electron chi connectivity index (χ4n) is 7.59. The van der Waals surface area contributed by atoms with Gasteiger partial charge in [0.2, 0.25) is 0 Å². The van der Waals surface area contributed by atoms with Gasteiger partial charge in [-0.2, -0.15) is 0 Å². The molecule has 0 amide bonds. The molecule has 2 aromatic heterocycles. The molecule has 0 saturated heterocycles. The van der Waals surface area contributed by atoms with Crippen molar-refractivity contribution in [3.8, 4) is 16.8 Å². The summed E-state index contributed by atoms with van der Waals surface area (Å²) in [7, 11) is 0. The fraction of sp³-hybridized carbons (Fsp3) is 0. The van der Waals surface area contributed by atoms with Crippen LogP contribution in [0.25, 0.3) is 71.3 Å². The van der Waals surface area contributed by atoms with E-state index >= 15 is 0 Å². The molecule has 10 aromatic rings. The second kappa shape index (κ2) is 11.0. The van der Waals surface area contributed by atoms with E-state index in [9.17, 15) is 0 Å². The zero-order valence-electron chi connectivity index (χ0n) is 26.6. The maximum Gasteiger partial charge on any atom is 0.136 e. The Morgan fingerprint density at radius 1 is 0.408 bits per heavy atom. The highest BCUT2D eigenvalue weighted by atomic mass is 16.3. The Balaban J connectivity index is 1.22. The number of benzene rings is 8. The van der Waals surface area contributed by atoms with Gasteiger partial charge < -0.3 is 13.9 Å². The third-order valence-electron chi connectivity index (χ3n) is 9.77. The van der Waals surface area contributed by atoms with Crippen molar-refractivity contribution in [2.24, 2.45) is 0 Å². The Bertz CT molecular complexity index is 2800. The summed E-state index contributed by atoms with van der Waals surface area (Å²) in [4.78, 5) is 2.41. The van der Waals surface area contributed by atoms with E-state index in [1.165, 1.54) is 32.6 Å². The maximum atomic E-state index is 6.35. The second-order valence-corrected chi connectivity index (χ2v) is 12.5. The van der Waals surface area contributed by atoms with Crippen molar-refractivity contribution in [1.29, 1.82) is 0 Å². The predicted molar refractivity (Wildman–Crippen MR) is 206 cm³/mol. The number of fused-ring (bicyclic) bond motifs is 7. The van der Waals surface area contributed by atoms with E-state index in [1.807, 2.05) is 12.1 Å². The Morgan fingerprint density at radius 3 is 1.86 bits per heavy atom. The molecule has 0 fully saturated rings. The van der Waals surface area contributed by atoms with Gasteiger partial charge in [-0.25, -0.2) is 0 Å². The van der Waals surface area contributed by atoms with Gasteiger partial charge in [-0.3, -0.25) is 0 Å². The summed E-state index contributed by atoms with van der Waals surface area (Å²) in [5.41, 5.74) is 10.8. The molecule has 0 bridgehead atoms. The standard InChI is InChI=1S/C46H30N2O/c1-2-17-35-31(13-1)14-11-25-42(35)47(33-15-12-16-34(30-33)48-43-23-8-4-19-37(43)38-20-5-9-24-44(38)48)41-22-7-3-18-36(41)32-27-28-40-39-21-6-10-26-45(39)49-46(40)29-32/h1-30H. The Hall–Kier alpha value is -6.58. The van der Waals surface area contributed by atoms with Crippen molar-refractivity contribution in [3.05, 3.63) is 182 Å². The van der Waals surface area contributed by atoms with Gasteiger partial charge in [-0.1, -0.05) is 121 Å². The van der Waals surface area contributed by atoms with Gasteiger partial charge in [0.25, 0.3) is 0 Å². The van der Waals surface area contributed by atoms with Crippen LogP contribution in [0.5, 0.6) is 0 Å². The number of para-hydroxylation sites is 4. The molecule has 0 aliphatic carbocycles. The third-order valence-corrected chi connectivity index (χ3v) is 9.77. The van der Waals surface area contributed by atoms with Crippen LogP contribution in [0.2, 0.25) is 0 Å². The molecular formula is C46H30N2O. The lowest BCUT2D eigenvalue weighted by molar-refractivity contribution is 0.669. The summed E-state index contributed by atoms with van der Waals surface area (Å²) < 4.78 is 8.74. The molecule has 10 rings (SSSR count). The summed E-state index contributed by atoms with van der Waals surface area (Å²) >= 11 is 0. The van der Waals surface area contributed by atoms with Crippen LogP contribution in [0.3, 0.4) is 0 Å². The topological polar surface area (TPSA) is 21.3 Å². The first-order chi connectivity index (χ1) is 24.3. The highest BCUT2D eigenvalue weighted by molar-refractivity contribution is 6.10. The van der Waals surface area contributed by atoms with Crippen molar-refractivity contribution in [2.75, 3.05) is 4.90 Å². The number of hydrogen-bond acceptors (Lipinski definition) is 2. The predicted octanol–water partition coefficient (Wildman–Crippen LogP) is 13.0. The van der Waals surface area contributed by atoms with Crippen LogP contribution in [0, 0.1) is 0 Å². The van der Waals surface area contributed by atoms with Gasteiger partial charge in [-0.15, -0.1) is 0 Å². The van der Waals surface area contributed by atoms with Crippen LogP contribution in [-0.4, -0.2) is 4.57 Å². The summed E-state index contributed by atoms with van der Waals surface area (Å²) in [5, 5.41) is 7.15. The highest BCUT2D eigenvalue weighted by Gasteiger charge is 2.21. The number of anilines is 3. The van der Waals surface area contributed by atoms with E-state index in [1.54, 1.807) is 0 Å². The van der Waals surface area contributed by atoms with Crippen LogP contribution >= 0.6 is 0 Å². The van der Waals surface area contributed by atoms with Crippen molar-refractivity contribution in [3.63, 3.8) is 0 Å². The zero-order chi connectivity index (χ0) is 32.3. The monoisotopic (exact) mass is 626 g/mol. The van der Waals surface area contributed by atoms with E-state index in [2.05, 4.69) is 179 Å². The van der Waals surface area contributed by atoms with E-state index in [4.69, 9.17) is 4.42 Å². The third kappa shape index (κ3) is 4.37. The Morgan fingerprint density at radius 2 is 1.02 bits per heavy atom. The molecular weight excluding hydrogens is 597 g/mol. The number of aromatic nitrogens is 1. The molecule has 0 atom stereocenters. The van der Waals surface area contributed by atoms with Gasteiger partial charge in [0.1, 0.15) is 11.2 Å². The lowest BCUT2D eigenvalue weighted by Gasteiger charge is -2.29. The van der Waals surface area contributed by atoms with E-state index in [0.29, 0.717) is 0 Å². The van der Waals surface area contributed by atoms with Crippen LogP contribution in [0.15, 0.2) is 186 Å². The summed E-state index contributed by atoms with van der Waals surface area (Å²) in [6.45, 7) is 0. The highest BCUT2D eigenvalue weighted by Crippen LogP contribution is 2.45. The fourth-order valence-corrected chi connectivity index (χ4v) is 7.59. The first-order valence-corrected chi connectivity index (χ1v) is 16.7. The van der Waals surface area contributed by atoms with Crippen molar-refractivity contribution in [2.45, 2.75) is 0 Å². The van der Waals surface area contributed by atoms with Gasteiger partial charge in [-0.05, 0) is 71.6 Å². The molecule has 49 heavy (non-hydrogen) atoms. The SMILES string of the molecule is c1cc(N(c2ccccc2-c2ccc3c(c2)oc2ccccc23)c2cccc3ccccc23)cc(-n2c3ccccc3c3ccccc32)c1. The zero-order valence-corrected chi connectivity index (χ0v) is 26.6. The van der Waals surface area contributed by atoms with Gasteiger partial charge in [0.05, 0.1) is 22.4 Å². The molecule has 0 aliphatic heterocycles. The summed E-state index contributed by atoms with van der Waals surface area (Å²) in [6.07, 6.45) is 0. The van der Waals surface area contributed by atoms with E-state index in [-0.39, 0.29) is 0 Å². The molecule has 3 nitrogen and oxygen atoms in total. The number of nitrogens with zero attached hydrogens (tertiary/aromatic N) is 2. The smallest absolute Gasteiger partial charge is 0.136 e. The minimum absolute atomic E-state index is 0.888. The van der Waals surface area contributed by atoms with Crippen LogP contribution in [0.1, 0.15) is 0 Å². The molecule has 0 radical (unpaired) electrons. The summed E-state index contributed by atoms with van der Waals surface area (Å²) in [5.74, 6) is 0. The summed E-state index contributed by atoms with van der Waals surface area (Å²) in [6, 6.07) is 65.1. The molecule has 230 valence electrons. The second-order valence-electron chi connectivity index (χ2n) is 12.5. The maximum absolute atomic E-state index is 6.35. The van der Waals surface area contributed by atoms with Crippen molar-refractivity contribution in [1.82, 2.24) is 4.57 Å². The van der Waals surface area contributed by atoms with Crippen LogP contribution in [0.4, 0.5) is 17.1 Å². The Kier molecular flexibility index (Phi) is 6.18. The molecule has 3 heteroatoms. The molecule has 8 aromatic carbocycles. The molecule has 0 saturated carbocycles. The lowest BCUT2D eigenvalue weighted by Crippen LogP contribution is -2.12. The molecule has 0 aliphatic rings. The lowest BCUT2D eigenvalue weighted by atomic mass is 9.99. The van der Waals surface area contributed by atoms with Gasteiger partial charge in [0.15, 0.2) is 0 Å². The first kappa shape index (κ1) is 27.5. The van der Waals surface area contributed by atoms with Crippen LogP contribution < -0.4 is 4.90 Å². The van der Waals surface area contributed by atoms with E-state index in [0.717, 1.165) is 55.8 Å². The quantitative estimate of drug-likeness (QED) is 0.190. The van der Waals surface area contributed by atoms with Gasteiger partial charge >= 0.3 is 0 Å². The normalized spacial score (nSPS) is 11.7. The van der Waals surface area contributed by atoms with Crippen LogP contribution in [-0.2, 0) is 0 Å². The molecule has 0 N–H and O–H groups in total. The average Bonchev–Trinajstić information content (AvgIpc) is 3.71. The molecule has 2 heterocycles. The van der Waals surface area contributed by atoms with Crippen molar-refractivity contribution >= 4 is 71.6 Å². The number of rotatable bonds is 5. The van der Waals surface area contributed by atoms with Crippen molar-refractivity contribution < 1.29 is 4.42 Å².